The van der Waals surface area contributed by atoms with Crippen LogP contribution in [0, 0.1) is 6.92 Å². The van der Waals surface area contributed by atoms with Crippen LogP contribution >= 0.6 is 15.9 Å². The SMILES string of the molecule is Cc1ccccc1S(=O)(=O)N[C@@H](c1ccccc1Br)[C@@H](O)C(=O)n1cccc1. The highest BCUT2D eigenvalue weighted by atomic mass is 79.9. The number of carbonyl (C=O) groups is 1. The Morgan fingerprint density at radius 3 is 2.29 bits per heavy atom. The van der Waals surface area contributed by atoms with E-state index in [0.717, 1.165) is 0 Å². The molecule has 2 aromatic carbocycles. The molecule has 146 valence electrons. The lowest BCUT2D eigenvalue weighted by molar-refractivity contribution is 0.0585. The Morgan fingerprint density at radius 2 is 1.64 bits per heavy atom. The van der Waals surface area contributed by atoms with E-state index >= 15 is 0 Å². The summed E-state index contributed by atoms with van der Waals surface area (Å²) in [5, 5.41) is 10.8. The van der Waals surface area contributed by atoms with Crippen LogP contribution in [-0.4, -0.2) is 30.1 Å². The van der Waals surface area contributed by atoms with Gasteiger partial charge in [0.25, 0.3) is 5.91 Å². The molecule has 0 amide bonds. The summed E-state index contributed by atoms with van der Waals surface area (Å²) in [6.45, 7) is 1.68. The Balaban J connectivity index is 2.03. The van der Waals surface area contributed by atoms with E-state index in [1.165, 1.54) is 23.0 Å². The lowest BCUT2D eigenvalue weighted by Crippen LogP contribution is -2.42. The first-order valence-corrected chi connectivity index (χ1v) is 10.8. The summed E-state index contributed by atoms with van der Waals surface area (Å²) in [5.74, 6) is -0.641. The zero-order valence-electron chi connectivity index (χ0n) is 15.0. The summed E-state index contributed by atoms with van der Waals surface area (Å²) >= 11 is 3.38. The van der Waals surface area contributed by atoms with Gasteiger partial charge in [-0.3, -0.25) is 9.36 Å². The molecule has 0 spiro atoms. The van der Waals surface area contributed by atoms with E-state index in [-0.39, 0.29) is 4.90 Å². The van der Waals surface area contributed by atoms with Crippen molar-refractivity contribution >= 4 is 31.9 Å². The maximum absolute atomic E-state index is 13.0. The van der Waals surface area contributed by atoms with Gasteiger partial charge in [-0.25, -0.2) is 13.1 Å². The maximum atomic E-state index is 13.0. The van der Waals surface area contributed by atoms with Gasteiger partial charge in [0.05, 0.1) is 10.9 Å². The van der Waals surface area contributed by atoms with Crippen molar-refractivity contribution in [3.8, 4) is 0 Å². The van der Waals surface area contributed by atoms with Crippen molar-refractivity contribution in [1.29, 1.82) is 0 Å². The number of nitrogens with one attached hydrogen (secondary N) is 1. The van der Waals surface area contributed by atoms with E-state index in [1.807, 2.05) is 0 Å². The molecule has 6 nitrogen and oxygen atoms in total. The van der Waals surface area contributed by atoms with Crippen LogP contribution in [-0.2, 0) is 10.0 Å². The van der Waals surface area contributed by atoms with Crippen LogP contribution in [0.5, 0.6) is 0 Å². The standard InChI is InChI=1S/C20H19BrN2O4S/c1-14-8-2-5-11-17(14)28(26,27)22-18(15-9-3-4-10-16(15)21)19(24)20(25)23-12-6-7-13-23/h2-13,18-19,22,24H,1H3/t18-,19+/m0/s1. The molecular weight excluding hydrogens is 444 g/mol. The summed E-state index contributed by atoms with van der Waals surface area (Å²) in [7, 11) is -3.99. The summed E-state index contributed by atoms with van der Waals surface area (Å²) in [5.41, 5.74) is 1.01. The predicted molar refractivity (Wildman–Crippen MR) is 109 cm³/mol. The molecule has 1 heterocycles. The second-order valence-electron chi connectivity index (χ2n) is 6.26. The third-order valence-corrected chi connectivity index (χ3v) is 6.66. The van der Waals surface area contributed by atoms with Crippen molar-refractivity contribution in [3.05, 3.63) is 88.7 Å². The number of aromatic nitrogens is 1. The molecule has 0 saturated heterocycles. The third-order valence-electron chi connectivity index (χ3n) is 4.33. The molecule has 0 saturated carbocycles. The van der Waals surface area contributed by atoms with Gasteiger partial charge in [0.15, 0.2) is 6.10 Å². The lowest BCUT2D eigenvalue weighted by Gasteiger charge is -2.25. The van der Waals surface area contributed by atoms with E-state index in [1.54, 1.807) is 61.5 Å². The highest BCUT2D eigenvalue weighted by Crippen LogP contribution is 2.28. The minimum Gasteiger partial charge on any atom is -0.381 e. The van der Waals surface area contributed by atoms with Gasteiger partial charge in [-0.05, 0) is 42.3 Å². The number of aryl methyl sites for hydroxylation is 1. The van der Waals surface area contributed by atoms with Crippen molar-refractivity contribution in [2.24, 2.45) is 0 Å². The number of aliphatic hydroxyl groups is 1. The Hall–Kier alpha value is -2.26. The Labute approximate surface area is 172 Å². The zero-order valence-corrected chi connectivity index (χ0v) is 17.4. The Bertz CT molecular complexity index is 1080. The molecule has 3 aromatic rings. The van der Waals surface area contributed by atoms with Crippen molar-refractivity contribution in [2.45, 2.75) is 24.0 Å². The number of carbonyl (C=O) groups excluding carboxylic acids is 1. The van der Waals surface area contributed by atoms with Gasteiger partial charge in [0.2, 0.25) is 10.0 Å². The second-order valence-corrected chi connectivity index (χ2v) is 8.80. The van der Waals surface area contributed by atoms with E-state index in [9.17, 15) is 18.3 Å². The van der Waals surface area contributed by atoms with Gasteiger partial charge in [0, 0.05) is 16.9 Å². The fourth-order valence-electron chi connectivity index (χ4n) is 2.89. The van der Waals surface area contributed by atoms with Crippen LogP contribution in [0.25, 0.3) is 0 Å². The molecule has 2 atom stereocenters. The molecule has 3 rings (SSSR count). The molecule has 28 heavy (non-hydrogen) atoms. The average molecular weight is 463 g/mol. The van der Waals surface area contributed by atoms with Crippen molar-refractivity contribution in [3.63, 3.8) is 0 Å². The first-order valence-electron chi connectivity index (χ1n) is 8.49. The number of sulfonamides is 1. The normalized spacial score (nSPS) is 13.8. The molecular formula is C20H19BrN2O4S. The van der Waals surface area contributed by atoms with Crippen LogP contribution in [0.4, 0.5) is 0 Å². The summed E-state index contributed by atoms with van der Waals surface area (Å²) < 4.78 is 30.3. The van der Waals surface area contributed by atoms with E-state index in [2.05, 4.69) is 20.7 Å². The van der Waals surface area contributed by atoms with Gasteiger partial charge >= 0.3 is 0 Å². The highest BCUT2D eigenvalue weighted by Gasteiger charge is 2.34. The fraction of sp³-hybridized carbons (Fsp3) is 0.150. The maximum Gasteiger partial charge on any atom is 0.261 e. The fourth-order valence-corrected chi connectivity index (χ4v) is 4.89. The van der Waals surface area contributed by atoms with Crippen molar-refractivity contribution < 1.29 is 18.3 Å². The molecule has 8 heteroatoms. The first kappa shape index (κ1) is 20.5. The number of halogens is 1. The summed E-state index contributed by atoms with van der Waals surface area (Å²) in [4.78, 5) is 12.8. The van der Waals surface area contributed by atoms with Gasteiger partial charge in [-0.15, -0.1) is 0 Å². The number of hydrogen-bond donors (Lipinski definition) is 2. The first-order chi connectivity index (χ1) is 13.3. The topological polar surface area (TPSA) is 88.4 Å². The van der Waals surface area contributed by atoms with Crippen LogP contribution < -0.4 is 4.72 Å². The average Bonchev–Trinajstić information content (AvgIpc) is 3.20. The predicted octanol–water partition coefficient (Wildman–Crippen LogP) is 3.28. The largest absolute Gasteiger partial charge is 0.381 e. The molecule has 1 aromatic heterocycles. The Kier molecular flexibility index (Phi) is 6.14. The highest BCUT2D eigenvalue weighted by molar-refractivity contribution is 9.10. The lowest BCUT2D eigenvalue weighted by atomic mass is 10.0. The number of hydrogen-bond acceptors (Lipinski definition) is 4. The molecule has 0 aliphatic carbocycles. The molecule has 0 aliphatic heterocycles. The monoisotopic (exact) mass is 462 g/mol. The van der Waals surface area contributed by atoms with E-state index in [0.29, 0.717) is 15.6 Å². The van der Waals surface area contributed by atoms with Crippen molar-refractivity contribution in [2.75, 3.05) is 0 Å². The van der Waals surface area contributed by atoms with Crippen LogP contribution in [0.2, 0.25) is 0 Å². The minimum absolute atomic E-state index is 0.0904. The van der Waals surface area contributed by atoms with Crippen LogP contribution in [0.3, 0.4) is 0 Å². The van der Waals surface area contributed by atoms with E-state index in [4.69, 9.17) is 0 Å². The van der Waals surface area contributed by atoms with Gasteiger partial charge in [-0.2, -0.15) is 0 Å². The smallest absolute Gasteiger partial charge is 0.261 e. The molecule has 0 fully saturated rings. The van der Waals surface area contributed by atoms with Gasteiger partial charge < -0.3 is 5.11 Å². The van der Waals surface area contributed by atoms with Crippen molar-refractivity contribution in [1.82, 2.24) is 9.29 Å². The number of rotatable bonds is 6. The third kappa shape index (κ3) is 4.25. The molecule has 0 unspecified atom stereocenters. The van der Waals surface area contributed by atoms with Crippen LogP contribution in [0.15, 0.2) is 82.4 Å². The number of nitrogens with zero attached hydrogens (tertiary/aromatic N) is 1. The van der Waals surface area contributed by atoms with E-state index < -0.39 is 28.1 Å². The molecule has 0 radical (unpaired) electrons. The molecule has 2 N–H and O–H groups in total. The number of benzene rings is 2. The molecule has 0 bridgehead atoms. The zero-order chi connectivity index (χ0) is 20.3. The minimum atomic E-state index is -3.99. The summed E-state index contributed by atoms with van der Waals surface area (Å²) in [6.07, 6.45) is 1.36. The summed E-state index contributed by atoms with van der Waals surface area (Å²) in [6, 6.07) is 15.5. The molecule has 0 aliphatic rings. The Morgan fingerprint density at radius 1 is 1.04 bits per heavy atom. The second kappa shape index (κ2) is 8.40. The quantitative estimate of drug-likeness (QED) is 0.588. The van der Waals surface area contributed by atoms with Crippen LogP contribution in [0.1, 0.15) is 22.0 Å². The number of aliphatic hydroxyl groups excluding tert-OH is 1. The van der Waals surface area contributed by atoms with Gasteiger partial charge in [-0.1, -0.05) is 52.3 Å². The van der Waals surface area contributed by atoms with Gasteiger partial charge in [0.1, 0.15) is 0 Å².